The second-order valence-corrected chi connectivity index (χ2v) is 10.0. The third-order valence-electron chi connectivity index (χ3n) is 7.63. The highest BCUT2D eigenvalue weighted by Crippen LogP contribution is 2.34. The van der Waals surface area contributed by atoms with E-state index in [4.69, 9.17) is 15.7 Å². The first-order valence-corrected chi connectivity index (χ1v) is 12.2. The fourth-order valence-corrected chi connectivity index (χ4v) is 5.33. The smallest absolute Gasteiger partial charge is 0.255 e. The van der Waals surface area contributed by atoms with Gasteiger partial charge in [-0.05, 0) is 64.6 Å². The number of aryl methyl sites for hydroxylation is 3. The van der Waals surface area contributed by atoms with Crippen molar-refractivity contribution in [2.75, 3.05) is 46.3 Å². The molecule has 0 saturated carbocycles. The van der Waals surface area contributed by atoms with Crippen molar-refractivity contribution in [2.24, 2.45) is 0 Å². The van der Waals surface area contributed by atoms with E-state index in [0.717, 1.165) is 5.56 Å². The molecule has 1 aromatic carbocycles. The van der Waals surface area contributed by atoms with Gasteiger partial charge in [-0.2, -0.15) is 0 Å². The Bertz CT molecular complexity index is 1340. The van der Waals surface area contributed by atoms with Gasteiger partial charge >= 0.3 is 0 Å². The standard InChI is InChI=1S/C29H42N4O2/c1-21-7-9-25(10-8-21)26(20-35-6)33-18-17-32(19-23(33)3)29(5)12-15-31(16-13-29)28(34)27-22(2)11-14-30-24(27)4/h7-11,14,23,26H,12-13,15-20H2,1-6H3/t23-,26-/m0/s1/i2D3,6D3,20D2,26D. The summed E-state index contributed by atoms with van der Waals surface area (Å²) in [6.07, 6.45) is 2.69. The lowest BCUT2D eigenvalue weighted by Gasteiger charge is -2.52. The van der Waals surface area contributed by atoms with E-state index >= 15 is 0 Å². The number of carbonyl (C=O) groups excluding carboxylic acids is 1. The highest BCUT2D eigenvalue weighted by molar-refractivity contribution is 5.96. The molecule has 190 valence electrons. The molecule has 3 heterocycles. The van der Waals surface area contributed by atoms with Crippen LogP contribution in [0, 0.1) is 20.7 Å². The maximum atomic E-state index is 13.5. The summed E-state index contributed by atoms with van der Waals surface area (Å²) in [5.41, 5.74) is 1.46. The number of methoxy groups -OCH3 is 1. The van der Waals surface area contributed by atoms with Gasteiger partial charge in [0, 0.05) is 61.7 Å². The van der Waals surface area contributed by atoms with Crippen molar-refractivity contribution in [1.82, 2.24) is 19.7 Å². The molecular weight excluding hydrogens is 436 g/mol. The Kier molecular flexibility index (Phi) is 5.07. The molecule has 0 N–H and O–H groups in total. The number of ether oxygens (including phenoxy) is 1. The van der Waals surface area contributed by atoms with Crippen LogP contribution in [0.15, 0.2) is 36.5 Å². The van der Waals surface area contributed by atoms with Gasteiger partial charge < -0.3 is 9.64 Å². The number of hydrogen-bond acceptors (Lipinski definition) is 5. The molecule has 2 atom stereocenters. The van der Waals surface area contributed by atoms with Crippen LogP contribution < -0.4 is 0 Å². The number of benzene rings is 1. The minimum Gasteiger partial charge on any atom is -0.383 e. The van der Waals surface area contributed by atoms with E-state index in [9.17, 15) is 6.17 Å². The van der Waals surface area contributed by atoms with Crippen molar-refractivity contribution >= 4 is 5.91 Å². The van der Waals surface area contributed by atoms with E-state index in [1.165, 1.54) is 12.3 Å². The number of amides is 1. The number of pyridine rings is 1. The van der Waals surface area contributed by atoms with Gasteiger partial charge in [-0.25, -0.2) is 0 Å². The van der Waals surface area contributed by atoms with Gasteiger partial charge in [0.2, 0.25) is 0 Å². The summed E-state index contributed by atoms with van der Waals surface area (Å²) < 4.78 is 78.3. The van der Waals surface area contributed by atoms with Crippen LogP contribution >= 0.6 is 0 Å². The number of rotatable bonds is 6. The molecule has 2 aromatic rings. The van der Waals surface area contributed by atoms with Crippen LogP contribution in [0.3, 0.4) is 0 Å². The van der Waals surface area contributed by atoms with Crippen LogP contribution in [0.2, 0.25) is 0 Å². The molecular formula is C29H42N4O2. The summed E-state index contributed by atoms with van der Waals surface area (Å²) in [5, 5.41) is 0. The second-order valence-electron chi connectivity index (χ2n) is 10.0. The summed E-state index contributed by atoms with van der Waals surface area (Å²) in [6, 6.07) is 5.75. The predicted molar refractivity (Wildman–Crippen MR) is 141 cm³/mol. The second kappa shape index (κ2) is 10.8. The Morgan fingerprint density at radius 1 is 1.23 bits per heavy atom. The molecule has 6 nitrogen and oxygen atoms in total. The molecule has 2 aliphatic rings. The fraction of sp³-hybridized carbons (Fsp3) is 0.586. The molecule has 1 amide bonds. The summed E-state index contributed by atoms with van der Waals surface area (Å²) in [4.78, 5) is 23.4. The van der Waals surface area contributed by atoms with Crippen molar-refractivity contribution in [3.63, 3.8) is 0 Å². The van der Waals surface area contributed by atoms with Gasteiger partial charge in [-0.3, -0.25) is 19.6 Å². The topological polar surface area (TPSA) is 48.9 Å². The number of aromatic nitrogens is 1. The molecule has 0 aliphatic carbocycles. The average Bonchev–Trinajstić information content (AvgIpc) is 2.91. The van der Waals surface area contributed by atoms with Crippen LogP contribution in [0.5, 0.6) is 0 Å². The van der Waals surface area contributed by atoms with Crippen molar-refractivity contribution in [1.29, 1.82) is 0 Å². The molecule has 2 saturated heterocycles. The first-order valence-electron chi connectivity index (χ1n) is 16.7. The molecule has 0 unspecified atom stereocenters. The van der Waals surface area contributed by atoms with Crippen molar-refractivity contribution in [3.8, 4) is 0 Å². The number of nitrogens with zero attached hydrogens (tertiary/aromatic N) is 4. The largest absolute Gasteiger partial charge is 0.383 e. The number of piperidine rings is 1. The molecule has 35 heavy (non-hydrogen) atoms. The van der Waals surface area contributed by atoms with E-state index < -0.39 is 26.5 Å². The van der Waals surface area contributed by atoms with Gasteiger partial charge in [0.1, 0.15) is 0 Å². The van der Waals surface area contributed by atoms with E-state index in [0.29, 0.717) is 50.3 Å². The van der Waals surface area contributed by atoms with Crippen molar-refractivity contribution in [3.05, 3.63) is 64.5 Å². The molecule has 0 bridgehead atoms. The quantitative estimate of drug-likeness (QED) is 0.605. The lowest BCUT2D eigenvalue weighted by atomic mass is 9.86. The number of carbonyl (C=O) groups is 1. The summed E-state index contributed by atoms with van der Waals surface area (Å²) in [6.45, 7) is 4.40. The third-order valence-corrected chi connectivity index (χ3v) is 7.63. The zero-order chi connectivity index (χ0) is 32.9. The summed E-state index contributed by atoms with van der Waals surface area (Å²) in [7, 11) is -3.04. The Hall–Kier alpha value is -2.28. The zero-order valence-corrected chi connectivity index (χ0v) is 21.1. The lowest BCUT2D eigenvalue weighted by molar-refractivity contribution is -0.0406. The number of likely N-dealkylation sites (tertiary alicyclic amines) is 1. The van der Waals surface area contributed by atoms with Gasteiger partial charge in [-0.1, -0.05) is 29.8 Å². The number of piperazine rings is 1. The summed E-state index contributed by atoms with van der Waals surface area (Å²) in [5.74, 6) is -0.337. The van der Waals surface area contributed by atoms with Crippen LogP contribution in [-0.2, 0) is 4.74 Å². The maximum Gasteiger partial charge on any atom is 0.255 e. The SMILES string of the molecule is [2H]C([2H])([2H])OC([2H])([2H])[C@@]([2H])(c1ccc(C)cc1)N1CCN(C2(C)CCN(C(=O)c3c(C([2H])([2H])[2H])ccnc3C)CC2)C[C@@H]1C. The van der Waals surface area contributed by atoms with E-state index in [1.54, 1.807) is 41.0 Å². The highest BCUT2D eigenvalue weighted by Gasteiger charge is 2.41. The molecule has 0 spiro atoms. The Balaban J connectivity index is 1.52. The first-order chi connectivity index (χ1) is 20.2. The minimum atomic E-state index is -3.04. The molecule has 2 fully saturated rings. The third kappa shape index (κ3) is 5.45. The van der Waals surface area contributed by atoms with Gasteiger partial charge in [-0.15, -0.1) is 0 Å². The van der Waals surface area contributed by atoms with Crippen molar-refractivity contribution in [2.45, 2.75) is 65.0 Å². The maximum absolute atomic E-state index is 13.5. The molecule has 0 radical (unpaired) electrons. The van der Waals surface area contributed by atoms with Gasteiger partial charge in [0.25, 0.3) is 5.91 Å². The lowest BCUT2D eigenvalue weighted by Crippen LogP contribution is -2.62. The highest BCUT2D eigenvalue weighted by atomic mass is 16.5. The van der Waals surface area contributed by atoms with Crippen LogP contribution in [-0.4, -0.2) is 83.5 Å². The fourth-order valence-electron chi connectivity index (χ4n) is 5.33. The Morgan fingerprint density at radius 2 is 1.97 bits per heavy atom. The molecule has 2 aliphatic heterocycles. The first kappa shape index (κ1) is 16.5. The molecule has 1 aromatic heterocycles. The van der Waals surface area contributed by atoms with Crippen LogP contribution in [0.4, 0.5) is 0 Å². The van der Waals surface area contributed by atoms with Crippen LogP contribution in [0.1, 0.15) is 77.8 Å². The number of hydrogen-bond donors (Lipinski definition) is 0. The van der Waals surface area contributed by atoms with E-state index in [1.807, 2.05) is 13.8 Å². The monoisotopic (exact) mass is 487 g/mol. The molecule has 6 heteroatoms. The van der Waals surface area contributed by atoms with Gasteiger partial charge in [0.05, 0.1) is 32.1 Å². The average molecular weight is 488 g/mol. The van der Waals surface area contributed by atoms with Gasteiger partial charge in [0.15, 0.2) is 0 Å². The molecule has 4 rings (SSSR count). The minimum absolute atomic E-state index is 0.00284. The van der Waals surface area contributed by atoms with Crippen LogP contribution in [0.25, 0.3) is 0 Å². The van der Waals surface area contributed by atoms with Crippen molar-refractivity contribution < 1.29 is 21.9 Å². The summed E-state index contributed by atoms with van der Waals surface area (Å²) >= 11 is 0. The van der Waals surface area contributed by atoms with E-state index in [2.05, 4.69) is 16.8 Å². The van der Waals surface area contributed by atoms with E-state index in [-0.39, 0.29) is 35.2 Å². The zero-order valence-electron chi connectivity index (χ0n) is 30.1. The predicted octanol–water partition coefficient (Wildman–Crippen LogP) is 4.40. The Labute approximate surface area is 223 Å². The Morgan fingerprint density at radius 3 is 2.63 bits per heavy atom. The normalized spacial score (nSPS) is 28.1.